The predicted octanol–water partition coefficient (Wildman–Crippen LogP) is 5.01. The third kappa shape index (κ3) is 7.81. The summed E-state index contributed by atoms with van der Waals surface area (Å²) < 4.78 is 0. The van der Waals surface area contributed by atoms with Crippen molar-refractivity contribution in [3.05, 3.63) is 0 Å². The van der Waals surface area contributed by atoms with Crippen molar-refractivity contribution in [2.45, 2.75) is 86.6 Å². The van der Waals surface area contributed by atoms with E-state index < -0.39 is 0 Å². The quantitative estimate of drug-likeness (QED) is 0.645. The Hall–Kier alpha value is -0.0400. The normalized spacial score (nSPS) is 14.1. The highest BCUT2D eigenvalue weighted by Crippen LogP contribution is 2.41. The van der Waals surface area contributed by atoms with Gasteiger partial charge in [-0.2, -0.15) is 0 Å². The van der Waals surface area contributed by atoms with Gasteiger partial charge in [-0.3, -0.25) is 0 Å². The van der Waals surface area contributed by atoms with Crippen molar-refractivity contribution in [1.29, 1.82) is 0 Å². The van der Waals surface area contributed by atoms with Gasteiger partial charge in [0.2, 0.25) is 0 Å². The van der Waals surface area contributed by atoms with Crippen LogP contribution in [-0.2, 0) is 0 Å². The minimum Gasteiger partial charge on any atom is -0.312 e. The van der Waals surface area contributed by atoms with E-state index in [0.29, 0.717) is 10.8 Å². The molecule has 0 heterocycles. The molecular weight excluding hydrogens is 206 g/mol. The monoisotopic (exact) mass is 241 g/mol. The summed E-state index contributed by atoms with van der Waals surface area (Å²) in [5.74, 6) is 0. The van der Waals surface area contributed by atoms with Gasteiger partial charge in [0, 0.05) is 5.54 Å². The molecule has 0 bridgehead atoms. The second kappa shape index (κ2) is 6.22. The molecule has 1 N–H and O–H groups in total. The van der Waals surface area contributed by atoms with Crippen LogP contribution in [0.3, 0.4) is 0 Å². The van der Waals surface area contributed by atoms with Crippen LogP contribution in [0.15, 0.2) is 0 Å². The summed E-state index contributed by atoms with van der Waals surface area (Å²) in [5, 5.41) is 3.55. The highest BCUT2D eigenvalue weighted by molar-refractivity contribution is 4.82. The zero-order chi connectivity index (χ0) is 13.7. The SMILES string of the molecule is CC(C)(C)NCCCCCC(C)(C)C(C)(C)C. The van der Waals surface area contributed by atoms with Gasteiger partial charge in [0.05, 0.1) is 0 Å². The predicted molar refractivity (Wildman–Crippen MR) is 79.5 cm³/mol. The van der Waals surface area contributed by atoms with E-state index in [4.69, 9.17) is 0 Å². The summed E-state index contributed by atoms with van der Waals surface area (Å²) in [6.07, 6.45) is 5.35. The Balaban J connectivity index is 3.66. The van der Waals surface area contributed by atoms with E-state index >= 15 is 0 Å². The van der Waals surface area contributed by atoms with E-state index in [1.807, 2.05) is 0 Å². The molecule has 0 aromatic rings. The van der Waals surface area contributed by atoms with Gasteiger partial charge in [0.15, 0.2) is 0 Å². The van der Waals surface area contributed by atoms with Crippen LogP contribution in [0.1, 0.15) is 81.1 Å². The lowest BCUT2D eigenvalue weighted by Crippen LogP contribution is -2.36. The number of rotatable bonds is 6. The van der Waals surface area contributed by atoms with Gasteiger partial charge in [-0.1, -0.05) is 47.5 Å². The van der Waals surface area contributed by atoms with Crippen molar-refractivity contribution in [3.63, 3.8) is 0 Å². The first-order valence-corrected chi connectivity index (χ1v) is 7.21. The molecule has 0 aromatic heterocycles. The molecule has 0 saturated heterocycles. The molecule has 0 aliphatic carbocycles. The highest BCUT2D eigenvalue weighted by Gasteiger charge is 2.31. The zero-order valence-corrected chi connectivity index (χ0v) is 13.5. The molecule has 0 atom stereocenters. The molecule has 0 radical (unpaired) electrons. The third-order valence-corrected chi connectivity index (χ3v) is 4.16. The molecule has 0 spiro atoms. The lowest BCUT2D eigenvalue weighted by atomic mass is 9.67. The first-order chi connectivity index (χ1) is 7.46. The van der Waals surface area contributed by atoms with Crippen LogP contribution in [0.4, 0.5) is 0 Å². The van der Waals surface area contributed by atoms with Crippen LogP contribution in [0.5, 0.6) is 0 Å². The number of hydrogen-bond acceptors (Lipinski definition) is 1. The average Bonchev–Trinajstić information content (AvgIpc) is 2.07. The highest BCUT2D eigenvalue weighted by atomic mass is 14.9. The number of hydrogen-bond donors (Lipinski definition) is 1. The first-order valence-electron chi connectivity index (χ1n) is 7.21. The number of unbranched alkanes of at least 4 members (excludes halogenated alkanes) is 2. The second-order valence-corrected chi connectivity index (χ2v) is 8.12. The van der Waals surface area contributed by atoms with E-state index in [1.165, 1.54) is 25.7 Å². The maximum atomic E-state index is 3.55. The van der Waals surface area contributed by atoms with Crippen molar-refractivity contribution in [1.82, 2.24) is 5.32 Å². The van der Waals surface area contributed by atoms with Gasteiger partial charge >= 0.3 is 0 Å². The molecule has 0 amide bonds. The van der Waals surface area contributed by atoms with Crippen LogP contribution in [0.2, 0.25) is 0 Å². The molecule has 0 saturated carbocycles. The minimum atomic E-state index is 0.269. The Morgan fingerprint density at radius 1 is 0.706 bits per heavy atom. The van der Waals surface area contributed by atoms with E-state index in [1.54, 1.807) is 0 Å². The molecule has 17 heavy (non-hydrogen) atoms. The summed E-state index contributed by atoms with van der Waals surface area (Å²) in [5.41, 5.74) is 1.13. The minimum absolute atomic E-state index is 0.269. The molecule has 0 aromatic carbocycles. The first kappa shape index (κ1) is 17.0. The summed E-state index contributed by atoms with van der Waals surface area (Å²) in [6.45, 7) is 19.7. The van der Waals surface area contributed by atoms with E-state index in [0.717, 1.165) is 6.54 Å². The lowest BCUT2D eigenvalue weighted by Gasteiger charge is -2.39. The molecular formula is C16H35N. The van der Waals surface area contributed by atoms with Gasteiger partial charge in [0.1, 0.15) is 0 Å². The van der Waals surface area contributed by atoms with Crippen LogP contribution < -0.4 is 5.32 Å². The molecule has 1 heteroatoms. The molecule has 0 aliphatic rings. The van der Waals surface area contributed by atoms with Crippen LogP contribution in [0, 0.1) is 10.8 Å². The van der Waals surface area contributed by atoms with Crippen LogP contribution >= 0.6 is 0 Å². The standard InChI is InChI=1S/C16H35N/c1-14(2,3)16(7,8)12-10-9-11-13-17-15(4,5)6/h17H,9-13H2,1-8H3. The fraction of sp³-hybridized carbons (Fsp3) is 1.00. The summed E-state index contributed by atoms with van der Waals surface area (Å²) >= 11 is 0. The Morgan fingerprint density at radius 2 is 1.24 bits per heavy atom. The van der Waals surface area contributed by atoms with Crippen LogP contribution in [-0.4, -0.2) is 12.1 Å². The van der Waals surface area contributed by atoms with Crippen molar-refractivity contribution in [2.24, 2.45) is 10.8 Å². The molecule has 0 rings (SSSR count). The molecule has 0 aliphatic heterocycles. The number of nitrogens with one attached hydrogen (secondary N) is 1. The van der Waals surface area contributed by atoms with Gasteiger partial charge in [-0.15, -0.1) is 0 Å². The average molecular weight is 241 g/mol. The third-order valence-electron chi connectivity index (χ3n) is 4.16. The molecule has 1 nitrogen and oxygen atoms in total. The largest absolute Gasteiger partial charge is 0.312 e. The maximum Gasteiger partial charge on any atom is 0.00965 e. The topological polar surface area (TPSA) is 12.0 Å². The summed E-state index contributed by atoms with van der Waals surface area (Å²) in [4.78, 5) is 0. The van der Waals surface area contributed by atoms with Crippen molar-refractivity contribution < 1.29 is 0 Å². The van der Waals surface area contributed by atoms with Crippen LogP contribution in [0.25, 0.3) is 0 Å². The molecule has 0 fully saturated rings. The van der Waals surface area contributed by atoms with Gasteiger partial charge in [-0.25, -0.2) is 0 Å². The van der Waals surface area contributed by atoms with E-state index in [9.17, 15) is 0 Å². The Morgan fingerprint density at radius 3 is 1.65 bits per heavy atom. The van der Waals surface area contributed by atoms with Gasteiger partial charge in [0.25, 0.3) is 0 Å². The Kier molecular flexibility index (Phi) is 6.21. The van der Waals surface area contributed by atoms with E-state index in [2.05, 4.69) is 60.7 Å². The van der Waals surface area contributed by atoms with Gasteiger partial charge < -0.3 is 5.32 Å². The fourth-order valence-electron chi connectivity index (χ4n) is 1.71. The molecule has 104 valence electrons. The Labute approximate surface area is 110 Å². The van der Waals surface area contributed by atoms with Crippen molar-refractivity contribution in [3.8, 4) is 0 Å². The zero-order valence-electron chi connectivity index (χ0n) is 13.5. The second-order valence-electron chi connectivity index (χ2n) is 8.12. The Bertz CT molecular complexity index is 203. The lowest BCUT2D eigenvalue weighted by molar-refractivity contribution is 0.115. The smallest absolute Gasteiger partial charge is 0.00965 e. The van der Waals surface area contributed by atoms with Crippen molar-refractivity contribution >= 4 is 0 Å². The molecule has 0 unspecified atom stereocenters. The summed E-state index contributed by atoms with van der Waals surface area (Å²) in [7, 11) is 0. The van der Waals surface area contributed by atoms with Gasteiger partial charge in [-0.05, 0) is 51.0 Å². The van der Waals surface area contributed by atoms with Crippen molar-refractivity contribution in [2.75, 3.05) is 6.54 Å². The van der Waals surface area contributed by atoms with E-state index in [-0.39, 0.29) is 5.54 Å². The fourth-order valence-corrected chi connectivity index (χ4v) is 1.71. The summed E-state index contributed by atoms with van der Waals surface area (Å²) in [6, 6.07) is 0. The maximum absolute atomic E-state index is 3.55.